The molecular formula is C11H10BrN3OS. The molecule has 17 heavy (non-hydrogen) atoms. The first kappa shape index (κ1) is 12.2. The Hall–Kier alpha value is -1.27. The van der Waals surface area contributed by atoms with Crippen molar-refractivity contribution in [2.24, 2.45) is 0 Å². The molecule has 0 saturated heterocycles. The zero-order chi connectivity index (χ0) is 12.3. The van der Waals surface area contributed by atoms with E-state index in [1.807, 2.05) is 12.3 Å². The molecular weight excluding hydrogens is 302 g/mol. The highest BCUT2D eigenvalue weighted by Crippen LogP contribution is 2.17. The highest BCUT2D eigenvalue weighted by molar-refractivity contribution is 9.10. The Kier molecular flexibility index (Phi) is 3.86. The molecule has 88 valence electrons. The second-order valence-corrected chi connectivity index (χ2v) is 5.18. The van der Waals surface area contributed by atoms with Crippen LogP contribution in [0.1, 0.15) is 28.5 Å². The first-order valence-electron chi connectivity index (χ1n) is 4.99. The fourth-order valence-electron chi connectivity index (χ4n) is 1.33. The van der Waals surface area contributed by atoms with Crippen LogP contribution in [0.3, 0.4) is 0 Å². The molecule has 0 fully saturated rings. The Morgan fingerprint density at radius 2 is 2.29 bits per heavy atom. The molecule has 6 heteroatoms. The molecule has 2 rings (SSSR count). The molecule has 0 aliphatic carbocycles. The molecule has 0 radical (unpaired) electrons. The molecule has 1 N–H and O–H groups in total. The van der Waals surface area contributed by atoms with Crippen molar-refractivity contribution in [3.8, 4) is 0 Å². The molecule has 2 aromatic rings. The van der Waals surface area contributed by atoms with Crippen molar-refractivity contribution in [1.82, 2.24) is 15.3 Å². The number of thiazole rings is 1. The third kappa shape index (κ3) is 2.89. The van der Waals surface area contributed by atoms with Gasteiger partial charge < -0.3 is 5.32 Å². The van der Waals surface area contributed by atoms with Gasteiger partial charge in [-0.1, -0.05) is 0 Å². The lowest BCUT2D eigenvalue weighted by Gasteiger charge is -2.11. The highest BCUT2D eigenvalue weighted by atomic mass is 79.9. The van der Waals surface area contributed by atoms with Crippen molar-refractivity contribution < 1.29 is 4.79 Å². The Morgan fingerprint density at radius 3 is 2.94 bits per heavy atom. The normalized spacial score (nSPS) is 12.1. The average Bonchev–Trinajstić information content (AvgIpc) is 2.82. The van der Waals surface area contributed by atoms with E-state index in [-0.39, 0.29) is 11.9 Å². The fraction of sp³-hybridized carbons (Fsp3) is 0.182. The van der Waals surface area contributed by atoms with Gasteiger partial charge >= 0.3 is 0 Å². The summed E-state index contributed by atoms with van der Waals surface area (Å²) in [6.45, 7) is 1.90. The predicted octanol–water partition coefficient (Wildman–Crippen LogP) is 2.79. The number of hydrogen-bond acceptors (Lipinski definition) is 4. The van der Waals surface area contributed by atoms with Crippen molar-refractivity contribution in [1.29, 1.82) is 0 Å². The third-order valence-electron chi connectivity index (χ3n) is 2.14. The van der Waals surface area contributed by atoms with E-state index < -0.39 is 0 Å². The summed E-state index contributed by atoms with van der Waals surface area (Å²) in [5.41, 5.74) is 0.385. The second-order valence-electron chi connectivity index (χ2n) is 3.40. The zero-order valence-corrected chi connectivity index (χ0v) is 11.5. The van der Waals surface area contributed by atoms with Gasteiger partial charge in [0.15, 0.2) is 0 Å². The van der Waals surface area contributed by atoms with E-state index in [1.54, 1.807) is 24.5 Å². The first-order valence-corrected chi connectivity index (χ1v) is 6.66. The molecule has 0 aliphatic heterocycles. The van der Waals surface area contributed by atoms with Gasteiger partial charge in [-0.05, 0) is 35.0 Å². The van der Waals surface area contributed by atoms with Crippen LogP contribution in [0.25, 0.3) is 0 Å². The number of rotatable bonds is 3. The van der Waals surface area contributed by atoms with Gasteiger partial charge in [-0.25, -0.2) is 9.97 Å². The molecule has 0 saturated carbocycles. The van der Waals surface area contributed by atoms with Gasteiger partial charge in [-0.15, -0.1) is 11.3 Å². The standard InChI is InChI=1S/C11H10BrN3OS/c1-7(11-14-5-6-17-11)15-10(16)9-8(12)3-2-4-13-9/h2-7H,1H3,(H,15,16). The summed E-state index contributed by atoms with van der Waals surface area (Å²) >= 11 is 4.81. The van der Waals surface area contributed by atoms with E-state index in [4.69, 9.17) is 0 Å². The van der Waals surface area contributed by atoms with Crippen LogP contribution in [0, 0.1) is 0 Å². The van der Waals surface area contributed by atoms with E-state index in [2.05, 4.69) is 31.2 Å². The van der Waals surface area contributed by atoms with Crippen molar-refractivity contribution in [3.63, 3.8) is 0 Å². The molecule has 0 aromatic carbocycles. The van der Waals surface area contributed by atoms with Gasteiger partial charge in [0.2, 0.25) is 0 Å². The fourth-order valence-corrected chi connectivity index (χ4v) is 2.41. The monoisotopic (exact) mass is 311 g/mol. The summed E-state index contributed by atoms with van der Waals surface area (Å²) < 4.78 is 0.684. The van der Waals surface area contributed by atoms with E-state index in [9.17, 15) is 4.79 Å². The van der Waals surface area contributed by atoms with Crippen LogP contribution in [-0.4, -0.2) is 15.9 Å². The summed E-state index contributed by atoms with van der Waals surface area (Å²) in [5.74, 6) is -0.208. The maximum absolute atomic E-state index is 11.9. The number of amides is 1. The van der Waals surface area contributed by atoms with Crippen LogP contribution in [0.15, 0.2) is 34.4 Å². The molecule has 1 unspecified atom stereocenters. The maximum Gasteiger partial charge on any atom is 0.271 e. The molecule has 2 heterocycles. The molecule has 0 aliphatic rings. The minimum absolute atomic E-state index is 0.114. The van der Waals surface area contributed by atoms with Crippen LogP contribution in [0.2, 0.25) is 0 Å². The topological polar surface area (TPSA) is 54.9 Å². The Labute approximate surface area is 111 Å². The van der Waals surface area contributed by atoms with Crippen LogP contribution in [0.4, 0.5) is 0 Å². The lowest BCUT2D eigenvalue weighted by molar-refractivity contribution is 0.0934. The van der Waals surface area contributed by atoms with E-state index in [1.165, 1.54) is 11.3 Å². The molecule has 1 amide bonds. The Bertz CT molecular complexity index is 515. The van der Waals surface area contributed by atoms with Gasteiger partial charge in [0.1, 0.15) is 10.7 Å². The first-order chi connectivity index (χ1) is 8.18. The third-order valence-corrected chi connectivity index (χ3v) is 3.74. The predicted molar refractivity (Wildman–Crippen MR) is 69.9 cm³/mol. The van der Waals surface area contributed by atoms with Gasteiger partial charge in [0.25, 0.3) is 5.91 Å². The van der Waals surface area contributed by atoms with Crippen molar-refractivity contribution in [3.05, 3.63) is 45.1 Å². The molecule has 1 atom stereocenters. The number of pyridine rings is 1. The lowest BCUT2D eigenvalue weighted by Crippen LogP contribution is -2.27. The smallest absolute Gasteiger partial charge is 0.271 e. The number of aromatic nitrogens is 2. The number of carbonyl (C=O) groups excluding carboxylic acids is 1. The number of halogens is 1. The van der Waals surface area contributed by atoms with Gasteiger partial charge in [0.05, 0.1) is 6.04 Å². The number of nitrogens with one attached hydrogen (secondary N) is 1. The summed E-state index contributed by atoms with van der Waals surface area (Å²) in [5, 5.41) is 5.62. The van der Waals surface area contributed by atoms with Gasteiger partial charge in [0, 0.05) is 22.2 Å². The van der Waals surface area contributed by atoms with Crippen LogP contribution < -0.4 is 5.32 Å². The minimum Gasteiger partial charge on any atom is -0.342 e. The van der Waals surface area contributed by atoms with Crippen molar-refractivity contribution >= 4 is 33.2 Å². The largest absolute Gasteiger partial charge is 0.342 e. The zero-order valence-electron chi connectivity index (χ0n) is 9.05. The SMILES string of the molecule is CC(NC(=O)c1ncccc1Br)c1nccs1. The molecule has 0 spiro atoms. The summed E-state index contributed by atoms with van der Waals surface area (Å²) in [6, 6.07) is 3.44. The van der Waals surface area contributed by atoms with E-state index >= 15 is 0 Å². The number of nitrogens with zero attached hydrogens (tertiary/aromatic N) is 2. The maximum atomic E-state index is 11.9. The minimum atomic E-state index is -0.208. The molecule has 4 nitrogen and oxygen atoms in total. The summed E-state index contributed by atoms with van der Waals surface area (Å²) in [4.78, 5) is 20.1. The quantitative estimate of drug-likeness (QED) is 0.948. The van der Waals surface area contributed by atoms with Gasteiger partial charge in [-0.2, -0.15) is 0 Å². The van der Waals surface area contributed by atoms with Gasteiger partial charge in [-0.3, -0.25) is 4.79 Å². The number of carbonyl (C=O) groups is 1. The molecule has 2 aromatic heterocycles. The summed E-state index contributed by atoms with van der Waals surface area (Å²) in [6.07, 6.45) is 3.31. The van der Waals surface area contributed by atoms with Crippen LogP contribution >= 0.6 is 27.3 Å². The number of hydrogen-bond donors (Lipinski definition) is 1. The second kappa shape index (κ2) is 5.37. The van der Waals surface area contributed by atoms with Crippen LogP contribution in [0.5, 0.6) is 0 Å². The Morgan fingerprint density at radius 1 is 1.47 bits per heavy atom. The van der Waals surface area contributed by atoms with Crippen molar-refractivity contribution in [2.75, 3.05) is 0 Å². The van der Waals surface area contributed by atoms with Crippen LogP contribution in [-0.2, 0) is 0 Å². The van der Waals surface area contributed by atoms with Crippen molar-refractivity contribution in [2.45, 2.75) is 13.0 Å². The van der Waals surface area contributed by atoms with E-state index in [0.717, 1.165) is 5.01 Å². The average molecular weight is 312 g/mol. The van der Waals surface area contributed by atoms with E-state index in [0.29, 0.717) is 10.2 Å². The summed E-state index contributed by atoms with van der Waals surface area (Å²) in [7, 11) is 0. The highest BCUT2D eigenvalue weighted by Gasteiger charge is 2.15. The lowest BCUT2D eigenvalue weighted by atomic mass is 10.3. The molecule has 0 bridgehead atoms. The Balaban J connectivity index is 2.10.